The second kappa shape index (κ2) is 5.96. The summed E-state index contributed by atoms with van der Waals surface area (Å²) in [6.45, 7) is 4.25. The summed E-state index contributed by atoms with van der Waals surface area (Å²) in [6.07, 6.45) is 2.55. The molecule has 0 N–H and O–H groups in total. The Morgan fingerprint density at radius 3 is 2.17 bits per heavy atom. The highest BCUT2D eigenvalue weighted by atomic mass is 32.1. The number of hydrogen-bond donors (Lipinski definition) is 0. The van der Waals surface area contributed by atoms with Gasteiger partial charge < -0.3 is 0 Å². The number of thiophene rings is 1. The van der Waals surface area contributed by atoms with E-state index < -0.39 is 0 Å². The second-order valence-electron chi connectivity index (χ2n) is 4.39. The molecule has 0 radical (unpaired) electrons. The van der Waals surface area contributed by atoms with Gasteiger partial charge in [0.2, 0.25) is 0 Å². The van der Waals surface area contributed by atoms with Gasteiger partial charge in [-0.3, -0.25) is 4.79 Å². The summed E-state index contributed by atoms with van der Waals surface area (Å²) in [5, 5.41) is 0. The van der Waals surface area contributed by atoms with Crippen LogP contribution < -0.4 is 0 Å². The van der Waals surface area contributed by atoms with Gasteiger partial charge in [0.1, 0.15) is 0 Å². The summed E-state index contributed by atoms with van der Waals surface area (Å²) in [4.78, 5) is 14.3. The van der Waals surface area contributed by atoms with E-state index in [4.69, 9.17) is 0 Å². The lowest BCUT2D eigenvalue weighted by Crippen LogP contribution is -2.01. The lowest BCUT2D eigenvalue weighted by Gasteiger charge is -2.01. The SMILES string of the molecule is CCc1ccc(CC(=O)c2ccc(CC)s2)cc1. The smallest absolute Gasteiger partial charge is 0.177 e. The van der Waals surface area contributed by atoms with E-state index in [9.17, 15) is 4.79 Å². The summed E-state index contributed by atoms with van der Waals surface area (Å²) in [5.41, 5.74) is 2.42. The van der Waals surface area contributed by atoms with Gasteiger partial charge in [-0.05, 0) is 36.1 Å². The van der Waals surface area contributed by atoms with Crippen LogP contribution >= 0.6 is 11.3 Å². The van der Waals surface area contributed by atoms with Crippen molar-refractivity contribution in [3.05, 3.63) is 57.3 Å². The molecule has 18 heavy (non-hydrogen) atoms. The van der Waals surface area contributed by atoms with Crippen LogP contribution in [0.4, 0.5) is 0 Å². The van der Waals surface area contributed by atoms with Crippen molar-refractivity contribution >= 4 is 17.1 Å². The average molecular weight is 258 g/mol. The molecule has 0 saturated heterocycles. The molecule has 2 heteroatoms. The Bertz CT molecular complexity index is 522. The van der Waals surface area contributed by atoms with Crippen molar-refractivity contribution in [2.75, 3.05) is 0 Å². The maximum atomic E-state index is 12.1. The van der Waals surface area contributed by atoms with Crippen molar-refractivity contribution in [3.8, 4) is 0 Å². The average Bonchev–Trinajstić information content (AvgIpc) is 2.88. The third kappa shape index (κ3) is 3.08. The van der Waals surface area contributed by atoms with Crippen LogP contribution in [0.25, 0.3) is 0 Å². The molecule has 1 nitrogen and oxygen atoms in total. The molecule has 0 fully saturated rings. The van der Waals surface area contributed by atoms with Crippen LogP contribution in [0.3, 0.4) is 0 Å². The van der Waals surface area contributed by atoms with Crippen LogP contribution in [0.1, 0.15) is 39.5 Å². The van der Waals surface area contributed by atoms with Crippen LogP contribution in [-0.2, 0) is 19.3 Å². The summed E-state index contributed by atoms with van der Waals surface area (Å²) in [7, 11) is 0. The van der Waals surface area contributed by atoms with Crippen LogP contribution in [0.5, 0.6) is 0 Å². The molecule has 1 aromatic heterocycles. The molecule has 1 heterocycles. The van der Waals surface area contributed by atoms with E-state index in [-0.39, 0.29) is 5.78 Å². The molecule has 0 spiro atoms. The first-order chi connectivity index (χ1) is 8.72. The van der Waals surface area contributed by atoms with Crippen molar-refractivity contribution in [2.45, 2.75) is 33.1 Å². The molecular formula is C16H18OS. The fourth-order valence-corrected chi connectivity index (χ4v) is 2.77. The molecular weight excluding hydrogens is 240 g/mol. The third-order valence-corrected chi connectivity index (χ3v) is 4.35. The molecule has 0 aliphatic carbocycles. The first-order valence-corrected chi connectivity index (χ1v) is 7.24. The predicted molar refractivity (Wildman–Crippen MR) is 77.6 cm³/mol. The minimum atomic E-state index is 0.226. The van der Waals surface area contributed by atoms with Crippen molar-refractivity contribution < 1.29 is 4.79 Å². The van der Waals surface area contributed by atoms with Crippen LogP contribution in [0, 0.1) is 0 Å². The highest BCUT2D eigenvalue weighted by Gasteiger charge is 2.09. The van der Waals surface area contributed by atoms with Gasteiger partial charge in [-0.1, -0.05) is 38.1 Å². The van der Waals surface area contributed by atoms with E-state index >= 15 is 0 Å². The maximum absolute atomic E-state index is 12.1. The van der Waals surface area contributed by atoms with E-state index in [0.717, 1.165) is 23.3 Å². The normalized spacial score (nSPS) is 10.6. The first kappa shape index (κ1) is 13.0. The molecule has 0 aliphatic heterocycles. The zero-order chi connectivity index (χ0) is 13.0. The number of benzene rings is 1. The fraction of sp³-hybridized carbons (Fsp3) is 0.312. The molecule has 2 aromatic rings. The van der Waals surface area contributed by atoms with Gasteiger partial charge in [-0.15, -0.1) is 11.3 Å². The maximum Gasteiger partial charge on any atom is 0.177 e. The predicted octanol–water partition coefficient (Wildman–Crippen LogP) is 4.30. The van der Waals surface area contributed by atoms with E-state index in [1.807, 2.05) is 6.07 Å². The lowest BCUT2D eigenvalue weighted by atomic mass is 10.1. The first-order valence-electron chi connectivity index (χ1n) is 6.42. The van der Waals surface area contributed by atoms with Crippen LogP contribution in [-0.4, -0.2) is 5.78 Å². The lowest BCUT2D eigenvalue weighted by molar-refractivity contribution is 0.0997. The zero-order valence-electron chi connectivity index (χ0n) is 10.9. The number of Topliss-reactive ketones (excluding diaryl/α,β-unsaturated/α-hetero) is 1. The monoisotopic (exact) mass is 258 g/mol. The summed E-state index contributed by atoms with van der Waals surface area (Å²) in [6, 6.07) is 12.3. The van der Waals surface area contributed by atoms with Crippen molar-refractivity contribution in [3.63, 3.8) is 0 Å². The number of ketones is 1. The van der Waals surface area contributed by atoms with Gasteiger partial charge in [-0.25, -0.2) is 0 Å². The van der Waals surface area contributed by atoms with Gasteiger partial charge in [-0.2, -0.15) is 0 Å². The van der Waals surface area contributed by atoms with Gasteiger partial charge in [0.25, 0.3) is 0 Å². The standard InChI is InChI=1S/C16H18OS/c1-3-12-5-7-13(8-6-12)11-15(17)16-10-9-14(4-2)18-16/h5-10H,3-4,11H2,1-2H3. The number of carbonyl (C=O) groups is 1. The number of aryl methyl sites for hydroxylation is 2. The molecule has 0 atom stereocenters. The van der Waals surface area contributed by atoms with Crippen molar-refractivity contribution in [2.24, 2.45) is 0 Å². The minimum absolute atomic E-state index is 0.226. The highest BCUT2D eigenvalue weighted by molar-refractivity contribution is 7.14. The summed E-state index contributed by atoms with van der Waals surface area (Å²) < 4.78 is 0. The second-order valence-corrected chi connectivity index (χ2v) is 5.56. The van der Waals surface area contributed by atoms with E-state index in [1.165, 1.54) is 10.4 Å². The van der Waals surface area contributed by atoms with Crippen molar-refractivity contribution in [1.29, 1.82) is 0 Å². The highest BCUT2D eigenvalue weighted by Crippen LogP contribution is 2.19. The summed E-state index contributed by atoms with van der Waals surface area (Å²) in [5.74, 6) is 0.226. The molecule has 0 amide bonds. The largest absolute Gasteiger partial charge is 0.293 e. The minimum Gasteiger partial charge on any atom is -0.293 e. The van der Waals surface area contributed by atoms with E-state index in [1.54, 1.807) is 11.3 Å². The molecule has 94 valence electrons. The Morgan fingerprint density at radius 1 is 0.944 bits per heavy atom. The number of carbonyl (C=O) groups excluding carboxylic acids is 1. The molecule has 0 aliphatic rings. The van der Waals surface area contributed by atoms with Crippen molar-refractivity contribution in [1.82, 2.24) is 0 Å². The number of rotatable bonds is 5. The summed E-state index contributed by atoms with van der Waals surface area (Å²) >= 11 is 1.62. The fourth-order valence-electron chi connectivity index (χ4n) is 1.88. The Kier molecular flexibility index (Phi) is 4.32. The van der Waals surface area contributed by atoms with Crippen LogP contribution in [0.15, 0.2) is 36.4 Å². The molecule has 2 rings (SSSR count). The Morgan fingerprint density at radius 2 is 1.61 bits per heavy atom. The van der Waals surface area contributed by atoms with E-state index in [2.05, 4.69) is 44.2 Å². The molecule has 0 saturated carbocycles. The van der Waals surface area contributed by atoms with Gasteiger partial charge in [0, 0.05) is 11.3 Å². The zero-order valence-corrected chi connectivity index (χ0v) is 11.7. The van der Waals surface area contributed by atoms with Gasteiger partial charge in [0.05, 0.1) is 4.88 Å². The Balaban J connectivity index is 2.06. The quantitative estimate of drug-likeness (QED) is 0.731. The van der Waals surface area contributed by atoms with E-state index in [0.29, 0.717) is 6.42 Å². The third-order valence-electron chi connectivity index (χ3n) is 3.08. The van der Waals surface area contributed by atoms with Gasteiger partial charge in [0.15, 0.2) is 5.78 Å². The molecule has 1 aromatic carbocycles. The molecule has 0 bridgehead atoms. The topological polar surface area (TPSA) is 17.1 Å². The van der Waals surface area contributed by atoms with Crippen LogP contribution in [0.2, 0.25) is 0 Å². The van der Waals surface area contributed by atoms with Gasteiger partial charge >= 0.3 is 0 Å². The Hall–Kier alpha value is -1.41. The Labute approximate surface area is 112 Å². The molecule has 0 unspecified atom stereocenters. The number of hydrogen-bond acceptors (Lipinski definition) is 2.